The van der Waals surface area contributed by atoms with Crippen LogP contribution in [0.4, 0.5) is 0 Å². The summed E-state index contributed by atoms with van der Waals surface area (Å²) in [4.78, 5) is 15.7. The van der Waals surface area contributed by atoms with Gasteiger partial charge in [-0.2, -0.15) is 0 Å². The Morgan fingerprint density at radius 2 is 2.20 bits per heavy atom. The highest BCUT2D eigenvalue weighted by atomic mass is 16.6. The van der Waals surface area contributed by atoms with E-state index in [1.54, 1.807) is 6.20 Å². The van der Waals surface area contributed by atoms with E-state index in [4.69, 9.17) is 9.94 Å². The average molecular weight is 205 g/mol. The fourth-order valence-corrected chi connectivity index (χ4v) is 1.51. The Balaban J connectivity index is 2.19. The number of para-hydroxylation sites is 1. The van der Waals surface area contributed by atoms with Crippen molar-refractivity contribution in [3.8, 4) is 5.75 Å². The van der Waals surface area contributed by atoms with E-state index in [0.29, 0.717) is 6.42 Å². The molecule has 0 aliphatic carbocycles. The highest BCUT2D eigenvalue weighted by molar-refractivity contribution is 5.75. The van der Waals surface area contributed by atoms with Crippen molar-refractivity contribution < 1.29 is 14.7 Å². The van der Waals surface area contributed by atoms with Crippen LogP contribution in [0.3, 0.4) is 0 Å². The van der Waals surface area contributed by atoms with E-state index >= 15 is 0 Å². The van der Waals surface area contributed by atoms with Crippen LogP contribution >= 0.6 is 0 Å². The predicted molar refractivity (Wildman–Crippen MR) is 55.1 cm³/mol. The molecular weight excluding hydrogens is 194 g/mol. The summed E-state index contributed by atoms with van der Waals surface area (Å²) in [6.45, 7) is 0. The molecule has 0 spiro atoms. The number of nitrogens with one attached hydrogen (secondary N) is 1. The molecule has 0 amide bonds. The summed E-state index contributed by atoms with van der Waals surface area (Å²) in [7, 11) is 0. The lowest BCUT2D eigenvalue weighted by molar-refractivity contribution is -0.136. The van der Waals surface area contributed by atoms with Gasteiger partial charge in [-0.3, -0.25) is 4.79 Å². The van der Waals surface area contributed by atoms with Crippen molar-refractivity contribution in [2.45, 2.75) is 12.8 Å². The Morgan fingerprint density at radius 3 is 3.00 bits per heavy atom. The second kappa shape index (κ2) is 4.04. The molecule has 2 rings (SSSR count). The number of aliphatic carboxylic acids is 1. The Kier molecular flexibility index (Phi) is 2.58. The summed E-state index contributed by atoms with van der Waals surface area (Å²) in [5, 5.41) is 8.61. The van der Waals surface area contributed by atoms with Crippen LogP contribution in [0.5, 0.6) is 5.75 Å². The Hall–Kier alpha value is -1.97. The number of carboxylic acids is 1. The lowest BCUT2D eigenvalue weighted by Gasteiger charge is -2.18. The van der Waals surface area contributed by atoms with Gasteiger partial charge in [0.05, 0.1) is 0 Å². The number of benzene rings is 1. The van der Waals surface area contributed by atoms with E-state index in [1.807, 2.05) is 24.3 Å². The number of hydrogen-bond acceptors (Lipinski definition) is 3. The molecule has 4 nitrogen and oxygen atoms in total. The van der Waals surface area contributed by atoms with Crippen LogP contribution in [-0.4, -0.2) is 11.1 Å². The lowest BCUT2D eigenvalue weighted by Crippen LogP contribution is -2.17. The number of allylic oxidation sites excluding steroid dienone is 1. The molecule has 1 heterocycles. The second-order valence-corrected chi connectivity index (χ2v) is 3.28. The molecule has 1 aromatic carbocycles. The number of fused-ring (bicyclic) bond motifs is 1. The maximum Gasteiger partial charge on any atom is 0.303 e. The van der Waals surface area contributed by atoms with Gasteiger partial charge in [-0.1, -0.05) is 18.2 Å². The molecule has 0 fully saturated rings. The van der Waals surface area contributed by atoms with Gasteiger partial charge in [0, 0.05) is 18.2 Å². The third-order valence-corrected chi connectivity index (χ3v) is 2.24. The minimum atomic E-state index is -0.792. The van der Waals surface area contributed by atoms with Crippen molar-refractivity contribution in [1.29, 1.82) is 0 Å². The molecule has 0 atom stereocenters. The first-order valence-corrected chi connectivity index (χ1v) is 4.70. The van der Waals surface area contributed by atoms with Crippen LogP contribution in [0.25, 0.3) is 5.57 Å². The SMILES string of the molecule is O=C(O)CCC1=CNOc2ccccc21. The molecule has 1 aliphatic rings. The second-order valence-electron chi connectivity index (χ2n) is 3.28. The molecule has 15 heavy (non-hydrogen) atoms. The van der Waals surface area contributed by atoms with Crippen LogP contribution in [0, 0.1) is 0 Å². The van der Waals surface area contributed by atoms with Crippen molar-refractivity contribution in [3.63, 3.8) is 0 Å². The number of hydroxylamine groups is 1. The Labute approximate surface area is 87.1 Å². The van der Waals surface area contributed by atoms with E-state index in [0.717, 1.165) is 16.9 Å². The molecule has 1 aliphatic heterocycles. The van der Waals surface area contributed by atoms with Gasteiger partial charge in [0.15, 0.2) is 5.75 Å². The predicted octanol–water partition coefficient (Wildman–Crippen LogP) is 1.79. The number of hydrogen-bond donors (Lipinski definition) is 2. The standard InChI is InChI=1S/C11H11NO3/c13-11(14)6-5-8-7-12-15-10-4-2-1-3-9(8)10/h1-4,7,12H,5-6H2,(H,13,14). The van der Waals surface area contributed by atoms with Crippen molar-refractivity contribution in [1.82, 2.24) is 5.48 Å². The molecule has 0 saturated carbocycles. The third kappa shape index (κ3) is 2.10. The fraction of sp³-hybridized carbons (Fsp3) is 0.182. The first kappa shape index (κ1) is 9.58. The normalized spacial score (nSPS) is 13.2. The first-order chi connectivity index (χ1) is 7.27. The van der Waals surface area contributed by atoms with Gasteiger partial charge in [0.2, 0.25) is 0 Å². The molecule has 0 saturated heterocycles. The quantitative estimate of drug-likeness (QED) is 0.789. The maximum atomic E-state index is 10.5. The number of rotatable bonds is 3. The molecule has 0 bridgehead atoms. The number of carbonyl (C=O) groups is 1. The molecule has 4 heteroatoms. The summed E-state index contributed by atoms with van der Waals surface area (Å²) >= 11 is 0. The summed E-state index contributed by atoms with van der Waals surface area (Å²) < 4.78 is 0. The lowest BCUT2D eigenvalue weighted by atomic mass is 10.0. The fourth-order valence-electron chi connectivity index (χ4n) is 1.51. The largest absolute Gasteiger partial charge is 0.481 e. The highest BCUT2D eigenvalue weighted by Gasteiger charge is 2.13. The van der Waals surface area contributed by atoms with Crippen molar-refractivity contribution in [2.24, 2.45) is 0 Å². The molecular formula is C11H11NO3. The van der Waals surface area contributed by atoms with Gasteiger partial charge < -0.3 is 9.94 Å². The summed E-state index contributed by atoms with van der Waals surface area (Å²) in [6.07, 6.45) is 2.33. The molecule has 0 unspecified atom stereocenters. The van der Waals surface area contributed by atoms with E-state index in [1.165, 1.54) is 0 Å². The molecule has 0 aromatic heterocycles. The molecule has 1 aromatic rings. The summed E-state index contributed by atoms with van der Waals surface area (Å²) in [6, 6.07) is 7.54. The Bertz CT molecular complexity index is 412. The maximum absolute atomic E-state index is 10.5. The van der Waals surface area contributed by atoms with Crippen LogP contribution in [-0.2, 0) is 4.79 Å². The monoisotopic (exact) mass is 205 g/mol. The van der Waals surface area contributed by atoms with Gasteiger partial charge in [0.25, 0.3) is 0 Å². The first-order valence-electron chi connectivity index (χ1n) is 4.70. The zero-order chi connectivity index (χ0) is 10.7. The van der Waals surface area contributed by atoms with E-state index < -0.39 is 5.97 Å². The van der Waals surface area contributed by atoms with Gasteiger partial charge in [-0.25, -0.2) is 5.48 Å². The summed E-state index contributed by atoms with van der Waals surface area (Å²) in [5.41, 5.74) is 4.57. The van der Waals surface area contributed by atoms with E-state index in [-0.39, 0.29) is 6.42 Å². The topological polar surface area (TPSA) is 58.6 Å². The van der Waals surface area contributed by atoms with Crippen molar-refractivity contribution in [2.75, 3.05) is 0 Å². The molecule has 0 radical (unpaired) electrons. The minimum absolute atomic E-state index is 0.127. The number of carboxylic acid groups (broad SMARTS) is 1. The van der Waals surface area contributed by atoms with Crippen LogP contribution in [0.15, 0.2) is 30.5 Å². The average Bonchev–Trinajstić information content (AvgIpc) is 2.26. The van der Waals surface area contributed by atoms with Crippen LogP contribution in [0.1, 0.15) is 18.4 Å². The van der Waals surface area contributed by atoms with E-state index in [2.05, 4.69) is 5.48 Å². The zero-order valence-corrected chi connectivity index (χ0v) is 8.06. The van der Waals surface area contributed by atoms with Crippen LogP contribution in [0.2, 0.25) is 0 Å². The summed E-state index contributed by atoms with van der Waals surface area (Å²) in [5.74, 6) is -0.0553. The van der Waals surface area contributed by atoms with Gasteiger partial charge in [-0.15, -0.1) is 0 Å². The minimum Gasteiger partial charge on any atom is -0.481 e. The van der Waals surface area contributed by atoms with E-state index in [9.17, 15) is 4.79 Å². The molecule has 78 valence electrons. The third-order valence-electron chi connectivity index (χ3n) is 2.24. The van der Waals surface area contributed by atoms with Gasteiger partial charge in [0.1, 0.15) is 0 Å². The van der Waals surface area contributed by atoms with Crippen molar-refractivity contribution >= 4 is 11.5 Å². The zero-order valence-electron chi connectivity index (χ0n) is 8.06. The Morgan fingerprint density at radius 1 is 1.40 bits per heavy atom. The van der Waals surface area contributed by atoms with Gasteiger partial charge >= 0.3 is 5.97 Å². The molecule has 2 N–H and O–H groups in total. The van der Waals surface area contributed by atoms with Crippen molar-refractivity contribution in [3.05, 3.63) is 36.0 Å². The van der Waals surface area contributed by atoms with Crippen LogP contribution < -0.4 is 10.3 Å². The smallest absolute Gasteiger partial charge is 0.303 e. The van der Waals surface area contributed by atoms with Gasteiger partial charge in [-0.05, 0) is 18.1 Å². The highest BCUT2D eigenvalue weighted by Crippen LogP contribution is 2.30.